The maximum absolute atomic E-state index is 14.2. The number of carbonyl (C=O) groups excluding carboxylic acids is 13. The van der Waals surface area contributed by atoms with Gasteiger partial charge in [0.1, 0.15) is 66.2 Å². The van der Waals surface area contributed by atoms with Gasteiger partial charge in [-0.15, -0.1) is 0 Å². The molecule has 0 aromatic heterocycles. The normalized spacial score (nSPS) is 14.0. The lowest BCUT2D eigenvalue weighted by atomic mass is 10.0. The van der Waals surface area contributed by atoms with Crippen LogP contribution in [0.4, 0.5) is 0 Å². The molecule has 0 saturated carbocycles. The van der Waals surface area contributed by atoms with E-state index in [9.17, 15) is 82.4 Å². The first-order chi connectivity index (χ1) is 46.1. The highest BCUT2D eigenvalue weighted by molar-refractivity contribution is 5.99. The highest BCUT2D eigenvalue weighted by Crippen LogP contribution is 2.14. The van der Waals surface area contributed by atoms with Gasteiger partial charge in [0.25, 0.3) is 0 Å². The molecule has 0 spiro atoms. The molecule has 33 heteroatoms. The molecule has 10 atom stereocenters. The second-order valence-corrected chi connectivity index (χ2v) is 23.2. The summed E-state index contributed by atoms with van der Waals surface area (Å²) >= 11 is 0. The van der Waals surface area contributed by atoms with E-state index >= 15 is 0 Å². The first-order valence-electron chi connectivity index (χ1n) is 31.6. The predicted octanol–water partition coefficient (Wildman–Crippen LogP) is -5.21. The van der Waals surface area contributed by atoms with Crippen molar-refractivity contribution >= 4 is 82.8 Å². The van der Waals surface area contributed by atoms with E-state index < -0.39 is 182 Å². The predicted molar refractivity (Wildman–Crippen MR) is 350 cm³/mol. The molecule has 0 aliphatic rings. The lowest BCUT2D eigenvalue weighted by Crippen LogP contribution is -2.60. The average Bonchev–Trinajstić information content (AvgIpc) is 1.23. The van der Waals surface area contributed by atoms with Crippen LogP contribution < -0.4 is 81.0 Å². The zero-order valence-electron chi connectivity index (χ0n) is 54.7. The molecule has 0 unspecified atom stereocenters. The minimum atomic E-state index is -1.73. The lowest BCUT2D eigenvalue weighted by Gasteiger charge is -2.27. The van der Waals surface area contributed by atoms with E-state index in [2.05, 4.69) is 63.8 Å². The van der Waals surface area contributed by atoms with Crippen LogP contribution in [0.3, 0.4) is 0 Å². The Balaban J connectivity index is 1.74. The van der Waals surface area contributed by atoms with Crippen LogP contribution in [0.5, 0.6) is 5.75 Å². The van der Waals surface area contributed by atoms with Crippen LogP contribution in [0.1, 0.15) is 95.8 Å². The molecule has 33 nitrogen and oxygen atoms in total. The number of carboxylic acid groups (broad SMARTS) is 1. The van der Waals surface area contributed by atoms with Gasteiger partial charge in [-0.2, -0.15) is 0 Å². The Morgan fingerprint density at radius 3 is 1.25 bits per heavy atom. The molecule has 0 aliphatic heterocycles. The molecule has 0 aliphatic carbocycles. The number of aliphatic carboxylic acids is 1. The molecule has 0 bridgehead atoms. The Morgan fingerprint density at radius 2 is 0.794 bits per heavy atom. The molecule has 3 rings (SSSR count). The highest BCUT2D eigenvalue weighted by atomic mass is 16.4. The number of unbranched alkanes of at least 4 members (excludes halogenated alkanes) is 2. The Labute approximate surface area is 560 Å². The van der Waals surface area contributed by atoms with Crippen molar-refractivity contribution in [3.8, 4) is 5.75 Å². The van der Waals surface area contributed by atoms with Crippen molar-refractivity contribution in [1.82, 2.24) is 63.8 Å². The number of aliphatic hydroxyl groups excluding tert-OH is 2. The minimum absolute atomic E-state index is 0.0354. The second-order valence-electron chi connectivity index (χ2n) is 23.2. The first-order valence-corrected chi connectivity index (χ1v) is 31.6. The number of hydrogen-bond donors (Lipinski definition) is 19. The van der Waals surface area contributed by atoms with Crippen LogP contribution in [-0.2, 0) is 86.4 Å². The topological polar surface area (TPSA) is 542 Å². The van der Waals surface area contributed by atoms with Crippen LogP contribution in [0.25, 0.3) is 0 Å². The van der Waals surface area contributed by atoms with Crippen LogP contribution in [0.2, 0.25) is 0 Å². The SMILES string of the molecule is CC(=O)N[C@@H](CCCCN)C(=O)N[C@@H](Cc1ccccc1)C(=O)N[C@@H](CO)C(=O)N[C@@H](Cc1ccc(O)cc1)C(=O)N[C@@H](C)C(=O)N[C@@H](Cc1ccccc1)C(=O)NCC(=O)N[C@@H](CO)C(=O)N[C@H](C(=O)NCC(=O)N[C@@H](CCCCN)C(=O)N[C@@H](CCC(=O)O)C(N)=O)C(C)C. The largest absolute Gasteiger partial charge is 0.508 e. The number of nitrogens with one attached hydrogen (secondary N) is 12. The average molecular weight is 1360 g/mol. The van der Waals surface area contributed by atoms with E-state index in [1.807, 2.05) is 0 Å². The quantitative estimate of drug-likeness (QED) is 0.0235. The number of hydrogen-bond acceptors (Lipinski definition) is 19. The number of primary amides is 1. The third kappa shape index (κ3) is 30.4. The van der Waals surface area contributed by atoms with E-state index in [1.165, 1.54) is 52.0 Å². The van der Waals surface area contributed by atoms with Gasteiger partial charge in [-0.3, -0.25) is 67.1 Å². The summed E-state index contributed by atoms with van der Waals surface area (Å²) in [4.78, 5) is 185. The van der Waals surface area contributed by atoms with Crippen molar-refractivity contribution in [1.29, 1.82) is 0 Å². The zero-order chi connectivity index (χ0) is 72.1. The van der Waals surface area contributed by atoms with Gasteiger partial charge < -0.3 is 101 Å². The van der Waals surface area contributed by atoms with Crippen LogP contribution in [-0.4, -0.2) is 203 Å². The fraction of sp³-hybridized carbons (Fsp3) is 0.500. The van der Waals surface area contributed by atoms with Crippen LogP contribution >= 0.6 is 0 Å². The van der Waals surface area contributed by atoms with E-state index in [1.54, 1.807) is 60.7 Å². The molecule has 13 amide bonds. The first kappa shape index (κ1) is 81.1. The maximum Gasteiger partial charge on any atom is 0.303 e. The molecule has 22 N–H and O–H groups in total. The smallest absolute Gasteiger partial charge is 0.303 e. The van der Waals surface area contributed by atoms with Gasteiger partial charge in [0.2, 0.25) is 76.8 Å². The molecular formula is C64H93N15O18. The summed E-state index contributed by atoms with van der Waals surface area (Å²) in [6.07, 6.45) is 0.687. The maximum atomic E-state index is 14.2. The summed E-state index contributed by atoms with van der Waals surface area (Å²) in [6, 6.07) is 8.06. The number of carbonyl (C=O) groups is 14. The Morgan fingerprint density at radius 1 is 0.412 bits per heavy atom. The molecule has 3 aromatic carbocycles. The summed E-state index contributed by atoms with van der Waals surface area (Å²) < 4.78 is 0. The number of benzene rings is 3. The lowest BCUT2D eigenvalue weighted by molar-refractivity contribution is -0.138. The second kappa shape index (κ2) is 43.1. The van der Waals surface area contributed by atoms with Crippen molar-refractivity contribution in [3.05, 3.63) is 102 Å². The van der Waals surface area contributed by atoms with Crippen molar-refractivity contribution in [2.45, 2.75) is 159 Å². The Kier molecular flexibility index (Phi) is 36.0. The van der Waals surface area contributed by atoms with E-state index in [-0.39, 0.29) is 50.8 Å². The highest BCUT2D eigenvalue weighted by Gasteiger charge is 2.35. The van der Waals surface area contributed by atoms with Crippen molar-refractivity contribution < 1.29 is 87.5 Å². The van der Waals surface area contributed by atoms with Crippen molar-refractivity contribution in [2.75, 3.05) is 39.4 Å². The number of rotatable bonds is 44. The van der Waals surface area contributed by atoms with Gasteiger partial charge in [0.15, 0.2) is 0 Å². The molecular weight excluding hydrogens is 1270 g/mol. The Bertz CT molecular complexity index is 3130. The van der Waals surface area contributed by atoms with E-state index in [4.69, 9.17) is 22.3 Å². The molecule has 0 saturated heterocycles. The third-order valence-corrected chi connectivity index (χ3v) is 14.9. The van der Waals surface area contributed by atoms with E-state index in [0.29, 0.717) is 48.9 Å². The van der Waals surface area contributed by atoms with Crippen LogP contribution in [0, 0.1) is 5.92 Å². The van der Waals surface area contributed by atoms with Gasteiger partial charge in [0.05, 0.1) is 26.3 Å². The third-order valence-electron chi connectivity index (χ3n) is 14.9. The summed E-state index contributed by atoms with van der Waals surface area (Å²) in [5.41, 5.74) is 18.1. The number of nitrogens with two attached hydrogens (primary N) is 3. The van der Waals surface area contributed by atoms with Crippen LogP contribution in [0.15, 0.2) is 84.9 Å². The standard InChI is InChI=1S/C64H93N15O18/c1-36(2)54(64(97)69-33-51(84)72-45(20-12-14-28-66)59(92)74-43(55(67)88)25-26-53(86)87)79-63(96)49(34-80)73-52(85)32-68-57(90)46(29-39-15-7-5-8-16-39)75-56(89)37(3)70-60(93)47(31-41-21-23-42(83)24-22-41)77-62(95)50(35-81)78-61(94)48(30-40-17-9-6-10-18-40)76-58(91)44(71-38(4)82)19-11-13-27-65/h5-10,15-18,21-24,36-37,43-50,54,80-81,83H,11-14,19-20,25-35,65-66H2,1-4H3,(H2,67,88)(H,68,90)(H,69,97)(H,70,93)(H,71,82)(H,72,84)(H,73,85)(H,74,92)(H,75,89)(H,76,91)(H,77,95)(H,78,94)(H,79,96)(H,86,87)/t37-,43-,44-,45-,46-,47-,48-,49-,50-,54-/m0/s1. The minimum Gasteiger partial charge on any atom is -0.508 e. The molecule has 97 heavy (non-hydrogen) atoms. The molecule has 3 aromatic rings. The van der Waals surface area contributed by atoms with Gasteiger partial charge in [0, 0.05) is 32.6 Å². The number of phenolic OH excluding ortho intramolecular Hbond substituents is 1. The molecule has 0 fully saturated rings. The van der Waals surface area contributed by atoms with Crippen molar-refractivity contribution in [3.63, 3.8) is 0 Å². The van der Waals surface area contributed by atoms with Crippen molar-refractivity contribution in [2.24, 2.45) is 23.1 Å². The summed E-state index contributed by atoms with van der Waals surface area (Å²) in [6.45, 7) is 2.58. The van der Waals surface area contributed by atoms with E-state index in [0.717, 1.165) is 0 Å². The van der Waals surface area contributed by atoms with Gasteiger partial charge in [-0.1, -0.05) is 86.6 Å². The summed E-state index contributed by atoms with van der Waals surface area (Å²) in [5.74, 6) is -13.8. The van der Waals surface area contributed by atoms with Gasteiger partial charge in [-0.25, -0.2) is 0 Å². The Hall–Kier alpha value is -10.1. The number of phenols is 1. The number of aliphatic hydroxyl groups is 2. The zero-order valence-corrected chi connectivity index (χ0v) is 54.7. The fourth-order valence-electron chi connectivity index (χ4n) is 9.52. The number of aromatic hydroxyl groups is 1. The summed E-state index contributed by atoms with van der Waals surface area (Å²) in [5, 5.41) is 69.1. The number of carboxylic acids is 1. The van der Waals surface area contributed by atoms with Gasteiger partial charge >= 0.3 is 5.97 Å². The molecule has 0 heterocycles. The van der Waals surface area contributed by atoms with Gasteiger partial charge in [-0.05, 0) is 99.7 Å². The molecule has 0 radical (unpaired) electrons. The molecule has 532 valence electrons. The monoisotopic (exact) mass is 1360 g/mol. The number of amides is 13. The summed E-state index contributed by atoms with van der Waals surface area (Å²) in [7, 11) is 0. The fourth-order valence-corrected chi connectivity index (χ4v) is 9.52.